The van der Waals surface area contributed by atoms with E-state index in [2.05, 4.69) is 0 Å². The van der Waals surface area contributed by atoms with Gasteiger partial charge >= 0.3 is 5.97 Å². The number of imide groups is 2. The summed E-state index contributed by atoms with van der Waals surface area (Å²) in [6.07, 6.45) is 1.50. The predicted molar refractivity (Wildman–Crippen MR) is 145 cm³/mol. The number of aliphatic hydroxyl groups excluding tert-OH is 1. The zero-order chi connectivity index (χ0) is 30.1. The number of amides is 4. The number of benzene rings is 1. The van der Waals surface area contributed by atoms with E-state index in [-0.39, 0.29) is 49.4 Å². The van der Waals surface area contributed by atoms with Gasteiger partial charge in [-0.25, -0.2) is 9.29 Å². The van der Waals surface area contributed by atoms with Gasteiger partial charge in [0.2, 0.25) is 11.8 Å². The molecule has 2 N–H and O–H groups in total. The van der Waals surface area contributed by atoms with Gasteiger partial charge < -0.3 is 14.6 Å². The lowest BCUT2D eigenvalue weighted by atomic mass is 9.57. The molecule has 0 radical (unpaired) electrons. The van der Waals surface area contributed by atoms with E-state index in [9.17, 15) is 33.5 Å². The van der Waals surface area contributed by atoms with Crippen LogP contribution in [-0.4, -0.2) is 61.0 Å². The highest BCUT2D eigenvalue weighted by Crippen LogP contribution is 2.65. The number of hydrogen-bond acceptors (Lipinski definition) is 7. The number of furan rings is 1. The number of carboxylic acid groups (broad SMARTS) is 1. The number of alkyl halides is 2. The first-order chi connectivity index (χ1) is 19.9. The second-order valence-electron chi connectivity index (χ2n) is 11.0. The second kappa shape index (κ2) is 10.0. The average Bonchev–Trinajstić information content (AvgIpc) is 3.56. The Morgan fingerprint density at radius 2 is 1.74 bits per heavy atom. The zero-order valence-corrected chi connectivity index (χ0v) is 23.5. The van der Waals surface area contributed by atoms with Gasteiger partial charge in [-0.2, -0.15) is 0 Å². The van der Waals surface area contributed by atoms with Crippen LogP contribution in [0.15, 0.2) is 52.5 Å². The molecular weight excluding hydrogens is 594 g/mol. The van der Waals surface area contributed by atoms with E-state index in [4.69, 9.17) is 32.7 Å². The molecule has 0 unspecified atom stereocenters. The fourth-order valence-electron chi connectivity index (χ4n) is 7.02. The van der Waals surface area contributed by atoms with Crippen LogP contribution in [0.2, 0.25) is 0 Å². The molecular formula is C29H25Cl2FN2O8. The highest BCUT2D eigenvalue weighted by Gasteiger charge is 2.77. The van der Waals surface area contributed by atoms with Gasteiger partial charge in [-0.05, 0) is 61.6 Å². The second-order valence-corrected chi connectivity index (χ2v) is 12.3. The molecule has 0 bridgehead atoms. The smallest absolute Gasteiger partial charge is 0.303 e. The van der Waals surface area contributed by atoms with Gasteiger partial charge in [0.15, 0.2) is 9.75 Å². The summed E-state index contributed by atoms with van der Waals surface area (Å²) in [5, 5.41) is 18.7. The maximum atomic E-state index is 14.2. The van der Waals surface area contributed by atoms with Crippen molar-refractivity contribution < 1.29 is 43.0 Å². The van der Waals surface area contributed by atoms with Crippen LogP contribution in [0.4, 0.5) is 10.1 Å². The Balaban J connectivity index is 1.46. The van der Waals surface area contributed by atoms with Crippen molar-refractivity contribution in [3.05, 3.63) is 65.4 Å². The van der Waals surface area contributed by atoms with Crippen molar-refractivity contribution in [2.24, 2.45) is 17.8 Å². The van der Waals surface area contributed by atoms with E-state index < -0.39 is 75.4 Å². The van der Waals surface area contributed by atoms with Gasteiger partial charge in [0.25, 0.3) is 11.8 Å². The topological polar surface area (TPSA) is 145 Å². The first-order valence-corrected chi connectivity index (χ1v) is 14.2. The summed E-state index contributed by atoms with van der Waals surface area (Å²) in [7, 11) is 0. The van der Waals surface area contributed by atoms with Crippen LogP contribution in [0.3, 0.4) is 0 Å². The van der Waals surface area contributed by atoms with Crippen LogP contribution in [0, 0.1) is 23.6 Å². The lowest BCUT2D eigenvalue weighted by Gasteiger charge is -2.49. The van der Waals surface area contributed by atoms with Crippen molar-refractivity contribution in [3.8, 4) is 0 Å². The molecule has 6 atom stereocenters. The van der Waals surface area contributed by atoms with Crippen molar-refractivity contribution in [2.75, 3.05) is 11.4 Å². The Morgan fingerprint density at radius 1 is 1.02 bits per heavy atom. The molecule has 10 nitrogen and oxygen atoms in total. The molecule has 1 saturated carbocycles. The molecule has 6 rings (SSSR count). The SMILES string of the molecule is O=C(O)CCCN1C(=O)[C@H]2[C@H](CC=C3[C@H]2C[C@@]2(Cl)C(=O)N(c4ccc(F)cc4)C(=O)[C@@]2(Cl)[C@H]3c2ccc(CO)o2)C1=O. The van der Waals surface area contributed by atoms with Crippen molar-refractivity contribution in [1.82, 2.24) is 4.90 Å². The average molecular weight is 619 g/mol. The Morgan fingerprint density at radius 3 is 2.38 bits per heavy atom. The van der Waals surface area contributed by atoms with Crippen molar-refractivity contribution in [1.29, 1.82) is 0 Å². The first kappa shape index (κ1) is 28.6. The summed E-state index contributed by atoms with van der Waals surface area (Å²) < 4.78 is 19.6. The fraction of sp³-hybridized carbons (Fsp3) is 0.414. The maximum Gasteiger partial charge on any atom is 0.303 e. The van der Waals surface area contributed by atoms with Crippen LogP contribution in [-0.2, 0) is 30.6 Å². The molecule has 4 amide bonds. The fourth-order valence-corrected chi connectivity index (χ4v) is 7.94. The van der Waals surface area contributed by atoms with Crippen molar-refractivity contribution in [3.63, 3.8) is 0 Å². The number of fused-ring (bicyclic) bond motifs is 4. The lowest BCUT2D eigenvalue weighted by molar-refractivity contribution is -0.142. The highest BCUT2D eigenvalue weighted by atomic mass is 35.5. The molecule has 1 aromatic heterocycles. The number of nitrogens with zero attached hydrogens (tertiary/aromatic N) is 2. The minimum Gasteiger partial charge on any atom is -0.481 e. The van der Waals surface area contributed by atoms with Crippen molar-refractivity contribution >= 4 is 58.5 Å². The number of anilines is 1. The van der Waals surface area contributed by atoms with E-state index in [1.54, 1.807) is 6.08 Å². The minimum atomic E-state index is -2.13. The van der Waals surface area contributed by atoms with E-state index in [1.165, 1.54) is 24.3 Å². The third-order valence-corrected chi connectivity index (χ3v) is 10.3. The Kier molecular flexibility index (Phi) is 6.82. The normalized spacial score (nSPS) is 32.1. The van der Waals surface area contributed by atoms with Crippen molar-refractivity contribution in [2.45, 2.75) is 48.0 Å². The quantitative estimate of drug-likeness (QED) is 0.273. The number of rotatable bonds is 7. The number of hydrogen-bond donors (Lipinski definition) is 2. The monoisotopic (exact) mass is 618 g/mol. The van der Waals surface area contributed by atoms with Gasteiger partial charge in [-0.1, -0.05) is 11.6 Å². The maximum absolute atomic E-state index is 14.2. The van der Waals surface area contributed by atoms with Gasteiger partial charge in [0.1, 0.15) is 23.9 Å². The van der Waals surface area contributed by atoms with Crippen LogP contribution in [0.1, 0.15) is 43.1 Å². The first-order valence-electron chi connectivity index (χ1n) is 13.4. The van der Waals surface area contributed by atoms with Gasteiger partial charge in [-0.3, -0.25) is 28.9 Å². The molecule has 4 aliphatic rings. The summed E-state index contributed by atoms with van der Waals surface area (Å²) in [6, 6.07) is 7.70. The standard InChI is InChI=1S/C29H25Cl2FN2O8/c30-28-12-19-17(8-9-18-22(19)25(39)33(24(18)38)11-1-2-21(36)37)23(20-10-7-16(13-35)42-20)29(28,31)27(41)34(26(28)40)15-5-3-14(32)4-6-15/h3-8,10,18-19,22-23,35H,1-2,9,11-13H2,(H,36,37)/t18-,19+,22-,23+,28+,29-/m0/s1. The Labute approximate surface area is 248 Å². The summed E-state index contributed by atoms with van der Waals surface area (Å²) in [5.74, 6) is -7.58. The van der Waals surface area contributed by atoms with Gasteiger partial charge in [-0.15, -0.1) is 23.2 Å². The number of carbonyl (C=O) groups is 5. The van der Waals surface area contributed by atoms with E-state index in [0.717, 1.165) is 21.9 Å². The Bertz CT molecular complexity index is 1560. The largest absolute Gasteiger partial charge is 0.481 e. The van der Waals surface area contributed by atoms with Crippen LogP contribution < -0.4 is 4.90 Å². The number of aliphatic carboxylic acids is 1. The van der Waals surface area contributed by atoms with Gasteiger partial charge in [0.05, 0.1) is 23.4 Å². The molecule has 3 fully saturated rings. The van der Waals surface area contributed by atoms with Crippen LogP contribution in [0.25, 0.3) is 0 Å². The molecule has 220 valence electrons. The van der Waals surface area contributed by atoms with E-state index >= 15 is 0 Å². The molecule has 2 aromatic rings. The molecule has 3 heterocycles. The predicted octanol–water partition coefficient (Wildman–Crippen LogP) is 3.34. The zero-order valence-electron chi connectivity index (χ0n) is 22.0. The summed E-state index contributed by atoms with van der Waals surface area (Å²) in [5.41, 5.74) is 0.568. The number of aliphatic hydroxyl groups is 1. The lowest BCUT2D eigenvalue weighted by Crippen LogP contribution is -2.60. The summed E-state index contributed by atoms with van der Waals surface area (Å²) >= 11 is 14.4. The minimum absolute atomic E-state index is 0.0571. The van der Waals surface area contributed by atoms with Gasteiger partial charge in [0, 0.05) is 13.0 Å². The van der Waals surface area contributed by atoms with E-state index in [0.29, 0.717) is 5.57 Å². The summed E-state index contributed by atoms with van der Waals surface area (Å²) in [4.78, 5) is 63.9. The molecule has 13 heteroatoms. The molecule has 2 saturated heterocycles. The van der Waals surface area contributed by atoms with Crippen LogP contribution >= 0.6 is 23.2 Å². The summed E-state index contributed by atoms with van der Waals surface area (Å²) in [6.45, 7) is -0.518. The molecule has 1 aromatic carbocycles. The molecule has 2 aliphatic carbocycles. The third-order valence-electron chi connectivity index (χ3n) is 8.88. The molecule has 42 heavy (non-hydrogen) atoms. The number of carboxylic acids is 1. The number of carbonyl (C=O) groups excluding carboxylic acids is 4. The Hall–Kier alpha value is -3.54. The number of allylic oxidation sites excluding steroid dienone is 2. The molecule has 0 spiro atoms. The number of halogens is 3. The number of likely N-dealkylation sites (tertiary alicyclic amines) is 1. The van der Waals surface area contributed by atoms with E-state index in [1.807, 2.05) is 0 Å². The van der Waals surface area contributed by atoms with Crippen LogP contribution in [0.5, 0.6) is 0 Å². The molecule has 2 aliphatic heterocycles. The third kappa shape index (κ3) is 3.90. The highest BCUT2D eigenvalue weighted by molar-refractivity contribution is 6.58.